The molecule has 5 nitrogen and oxygen atoms in total. The number of hydrogen-bond acceptors (Lipinski definition) is 5. The number of rotatable bonds is 4. The Bertz CT molecular complexity index is 563. The summed E-state index contributed by atoms with van der Waals surface area (Å²) in [6.45, 7) is 3.66. The van der Waals surface area contributed by atoms with Crippen molar-refractivity contribution in [2.45, 2.75) is 20.0 Å². The highest BCUT2D eigenvalue weighted by molar-refractivity contribution is 6.28. The van der Waals surface area contributed by atoms with E-state index in [0.29, 0.717) is 5.75 Å². The molecule has 0 fully saturated rings. The average molecular weight is 284 g/mol. The molecule has 1 heterocycles. The molecule has 0 radical (unpaired) electrons. The van der Waals surface area contributed by atoms with E-state index in [1.54, 1.807) is 0 Å². The predicted molar refractivity (Wildman–Crippen MR) is 67.1 cm³/mol. The molecule has 1 aromatic carbocycles. The lowest BCUT2D eigenvalue weighted by atomic mass is 10.3. The molecule has 0 saturated carbocycles. The Morgan fingerprint density at radius 3 is 2.32 bits per heavy atom. The molecule has 0 unspecified atom stereocenters. The molecule has 100 valence electrons. The lowest BCUT2D eigenvalue weighted by Crippen LogP contribution is -2.09. The summed E-state index contributed by atoms with van der Waals surface area (Å²) in [6, 6.07) is 5.51. The summed E-state index contributed by atoms with van der Waals surface area (Å²) < 4.78 is 23.4. The van der Waals surface area contributed by atoms with Crippen molar-refractivity contribution in [2.24, 2.45) is 0 Å². The van der Waals surface area contributed by atoms with Crippen molar-refractivity contribution in [2.75, 3.05) is 0 Å². The topological polar surface area (TPSA) is 57.1 Å². The number of halogens is 2. The predicted octanol–water partition coefficient (Wildman–Crippen LogP) is 3.24. The third kappa shape index (κ3) is 4.03. The molecular formula is C12H11ClFN3O2. The van der Waals surface area contributed by atoms with Gasteiger partial charge in [-0.3, -0.25) is 0 Å². The molecule has 0 atom stereocenters. The number of nitrogens with zero attached hydrogens (tertiary/aromatic N) is 3. The Morgan fingerprint density at radius 1 is 1.05 bits per heavy atom. The van der Waals surface area contributed by atoms with Gasteiger partial charge in [-0.15, -0.1) is 4.98 Å². The van der Waals surface area contributed by atoms with Gasteiger partial charge in [0.15, 0.2) is 0 Å². The molecule has 2 rings (SSSR count). The molecule has 0 aliphatic carbocycles. The highest BCUT2D eigenvalue weighted by Crippen LogP contribution is 2.21. The van der Waals surface area contributed by atoms with Crippen LogP contribution in [-0.2, 0) is 0 Å². The molecule has 0 aliphatic rings. The van der Waals surface area contributed by atoms with Crippen LogP contribution in [0.2, 0.25) is 5.28 Å². The van der Waals surface area contributed by atoms with Crippen molar-refractivity contribution in [1.82, 2.24) is 15.0 Å². The number of aromatic nitrogens is 3. The van der Waals surface area contributed by atoms with Gasteiger partial charge < -0.3 is 9.47 Å². The fraction of sp³-hybridized carbons (Fsp3) is 0.250. The van der Waals surface area contributed by atoms with E-state index in [1.807, 2.05) is 13.8 Å². The first-order chi connectivity index (χ1) is 9.02. The van der Waals surface area contributed by atoms with Crippen LogP contribution in [0.25, 0.3) is 0 Å². The van der Waals surface area contributed by atoms with E-state index in [-0.39, 0.29) is 29.2 Å². The smallest absolute Gasteiger partial charge is 0.329 e. The van der Waals surface area contributed by atoms with Crippen LogP contribution in [-0.4, -0.2) is 21.1 Å². The third-order valence-electron chi connectivity index (χ3n) is 1.93. The maximum Gasteiger partial charge on any atom is 0.329 e. The van der Waals surface area contributed by atoms with Gasteiger partial charge in [0.25, 0.3) is 0 Å². The molecule has 0 spiro atoms. The quantitative estimate of drug-likeness (QED) is 0.862. The molecule has 2 aromatic rings. The van der Waals surface area contributed by atoms with Crippen molar-refractivity contribution in [3.8, 4) is 17.8 Å². The summed E-state index contributed by atoms with van der Waals surface area (Å²) in [5, 5.41) is -0.0391. The van der Waals surface area contributed by atoms with Gasteiger partial charge in [-0.25, -0.2) is 4.39 Å². The van der Waals surface area contributed by atoms with Crippen LogP contribution in [0, 0.1) is 5.82 Å². The Kier molecular flexibility index (Phi) is 4.11. The van der Waals surface area contributed by atoms with E-state index >= 15 is 0 Å². The first kappa shape index (κ1) is 13.5. The summed E-state index contributed by atoms with van der Waals surface area (Å²) in [5.74, 6) is 0.0315. The molecule has 19 heavy (non-hydrogen) atoms. The fourth-order valence-corrected chi connectivity index (χ4v) is 1.38. The zero-order valence-electron chi connectivity index (χ0n) is 10.3. The van der Waals surface area contributed by atoms with Gasteiger partial charge >= 0.3 is 12.0 Å². The molecule has 0 amide bonds. The number of benzene rings is 1. The maximum atomic E-state index is 12.8. The van der Waals surface area contributed by atoms with Crippen molar-refractivity contribution in [3.63, 3.8) is 0 Å². The second-order valence-corrected chi connectivity index (χ2v) is 4.23. The Morgan fingerprint density at radius 2 is 1.68 bits per heavy atom. The lowest BCUT2D eigenvalue weighted by molar-refractivity contribution is 0.218. The molecule has 0 aliphatic heterocycles. The van der Waals surface area contributed by atoms with Gasteiger partial charge in [0.05, 0.1) is 6.10 Å². The monoisotopic (exact) mass is 283 g/mol. The van der Waals surface area contributed by atoms with Crippen LogP contribution in [0.5, 0.6) is 17.8 Å². The van der Waals surface area contributed by atoms with Gasteiger partial charge in [0.2, 0.25) is 5.28 Å². The first-order valence-corrected chi connectivity index (χ1v) is 5.92. The van der Waals surface area contributed by atoms with E-state index in [1.165, 1.54) is 24.3 Å². The lowest BCUT2D eigenvalue weighted by Gasteiger charge is -2.09. The highest BCUT2D eigenvalue weighted by atomic mass is 35.5. The van der Waals surface area contributed by atoms with Crippen LogP contribution in [0.4, 0.5) is 4.39 Å². The fourth-order valence-electron chi connectivity index (χ4n) is 1.23. The van der Waals surface area contributed by atoms with E-state index in [4.69, 9.17) is 21.1 Å². The van der Waals surface area contributed by atoms with Crippen LogP contribution in [0.3, 0.4) is 0 Å². The van der Waals surface area contributed by atoms with Crippen molar-refractivity contribution in [3.05, 3.63) is 35.4 Å². The minimum absolute atomic E-state index is 0.0118. The van der Waals surface area contributed by atoms with Crippen molar-refractivity contribution in [1.29, 1.82) is 0 Å². The van der Waals surface area contributed by atoms with Crippen LogP contribution in [0.1, 0.15) is 13.8 Å². The van der Waals surface area contributed by atoms with Crippen LogP contribution < -0.4 is 9.47 Å². The Hall–Kier alpha value is -1.95. The maximum absolute atomic E-state index is 12.8. The second-order valence-electron chi connectivity index (χ2n) is 3.89. The van der Waals surface area contributed by atoms with Gasteiger partial charge in [-0.2, -0.15) is 9.97 Å². The minimum atomic E-state index is -0.357. The molecular weight excluding hydrogens is 273 g/mol. The number of hydrogen-bond donors (Lipinski definition) is 0. The molecule has 0 bridgehead atoms. The van der Waals surface area contributed by atoms with E-state index < -0.39 is 0 Å². The standard InChI is InChI=1S/C12H11ClFN3O2/c1-7(2)18-11-15-10(13)16-12(17-11)19-9-5-3-8(14)4-6-9/h3-7H,1-2H3. The summed E-state index contributed by atoms with van der Waals surface area (Å²) in [4.78, 5) is 11.6. The largest absolute Gasteiger partial charge is 0.461 e. The van der Waals surface area contributed by atoms with Gasteiger partial charge in [0.1, 0.15) is 11.6 Å². The Labute approximate surface area is 114 Å². The normalized spacial score (nSPS) is 10.6. The van der Waals surface area contributed by atoms with Crippen LogP contribution >= 0.6 is 11.6 Å². The van der Waals surface area contributed by atoms with Crippen molar-refractivity contribution >= 4 is 11.6 Å². The summed E-state index contributed by atoms with van der Waals surface area (Å²) >= 11 is 5.74. The number of ether oxygens (including phenoxy) is 2. The van der Waals surface area contributed by atoms with E-state index in [2.05, 4.69) is 15.0 Å². The Balaban J connectivity index is 2.19. The second kappa shape index (κ2) is 5.79. The SMILES string of the molecule is CC(C)Oc1nc(Cl)nc(Oc2ccc(F)cc2)n1. The third-order valence-corrected chi connectivity index (χ3v) is 2.10. The molecule has 7 heteroatoms. The molecule has 0 saturated heterocycles. The zero-order valence-corrected chi connectivity index (χ0v) is 11.1. The summed E-state index contributed by atoms with van der Waals surface area (Å²) in [6.07, 6.45) is -0.0999. The van der Waals surface area contributed by atoms with Crippen LogP contribution in [0.15, 0.2) is 24.3 Å². The highest BCUT2D eigenvalue weighted by Gasteiger charge is 2.09. The minimum Gasteiger partial charge on any atom is -0.461 e. The zero-order chi connectivity index (χ0) is 13.8. The molecule has 1 aromatic heterocycles. The van der Waals surface area contributed by atoms with E-state index in [0.717, 1.165) is 0 Å². The summed E-state index contributed by atoms with van der Waals surface area (Å²) in [5.41, 5.74) is 0. The first-order valence-electron chi connectivity index (χ1n) is 5.54. The van der Waals surface area contributed by atoms with Gasteiger partial charge in [-0.05, 0) is 49.7 Å². The average Bonchev–Trinajstić information content (AvgIpc) is 2.30. The summed E-state index contributed by atoms with van der Waals surface area (Å²) in [7, 11) is 0. The van der Waals surface area contributed by atoms with Gasteiger partial charge in [0, 0.05) is 0 Å². The van der Waals surface area contributed by atoms with Crippen molar-refractivity contribution < 1.29 is 13.9 Å². The van der Waals surface area contributed by atoms with E-state index in [9.17, 15) is 4.39 Å². The van der Waals surface area contributed by atoms with Gasteiger partial charge in [-0.1, -0.05) is 0 Å². The molecule has 0 N–H and O–H groups in total.